The summed E-state index contributed by atoms with van der Waals surface area (Å²) in [6.45, 7) is 3.71. The van der Waals surface area contributed by atoms with Crippen LogP contribution < -0.4 is 20.3 Å². The first-order chi connectivity index (χ1) is 14.4. The van der Waals surface area contributed by atoms with Gasteiger partial charge in [-0.05, 0) is 38.8 Å². The van der Waals surface area contributed by atoms with Gasteiger partial charge in [0, 0.05) is 47.6 Å². The molecule has 1 saturated carbocycles. The van der Waals surface area contributed by atoms with Crippen LogP contribution in [0.25, 0.3) is 5.65 Å². The standard InChI is InChI=1S/C22H24N4O4/c1-13-16(14(2)26-19(23-13)12-21(28)25-26)11-20(27)24-15-6-7-17-18(10-15)30-22(29-17)8-4-3-5-9-22/h6-7,10,12H,3-5,8-9,11H2,1-2H3,(H,24,27)(H,25,28). The molecular weight excluding hydrogens is 384 g/mol. The molecule has 0 radical (unpaired) electrons. The lowest BCUT2D eigenvalue weighted by Crippen LogP contribution is -2.40. The second-order valence-corrected chi connectivity index (χ2v) is 8.14. The monoisotopic (exact) mass is 408 g/mol. The highest BCUT2D eigenvalue weighted by Crippen LogP contribution is 2.46. The third-order valence-corrected chi connectivity index (χ3v) is 5.97. The molecule has 30 heavy (non-hydrogen) atoms. The Morgan fingerprint density at radius 1 is 1.17 bits per heavy atom. The first-order valence-corrected chi connectivity index (χ1v) is 10.3. The Bertz CT molecular complexity index is 1200. The molecule has 0 atom stereocenters. The summed E-state index contributed by atoms with van der Waals surface area (Å²) in [6, 6.07) is 6.94. The molecule has 0 unspecified atom stereocenters. The molecule has 2 aliphatic rings. The van der Waals surface area contributed by atoms with Crippen LogP contribution in [0.15, 0.2) is 29.1 Å². The van der Waals surface area contributed by atoms with E-state index in [1.165, 1.54) is 12.5 Å². The minimum Gasteiger partial charge on any atom is -0.448 e. The molecule has 8 heteroatoms. The number of nitrogens with one attached hydrogen (secondary N) is 2. The molecule has 1 spiro atoms. The summed E-state index contributed by atoms with van der Waals surface area (Å²) in [4.78, 5) is 28.8. The van der Waals surface area contributed by atoms with Crippen molar-refractivity contribution >= 4 is 17.2 Å². The van der Waals surface area contributed by atoms with Gasteiger partial charge in [-0.3, -0.25) is 14.7 Å². The van der Waals surface area contributed by atoms with Crippen LogP contribution in [0, 0.1) is 13.8 Å². The van der Waals surface area contributed by atoms with Gasteiger partial charge >= 0.3 is 0 Å². The Kier molecular flexibility index (Phi) is 4.30. The van der Waals surface area contributed by atoms with Gasteiger partial charge in [0.2, 0.25) is 5.91 Å². The van der Waals surface area contributed by atoms with E-state index in [0.29, 0.717) is 17.1 Å². The van der Waals surface area contributed by atoms with Crippen LogP contribution in [0.2, 0.25) is 0 Å². The number of carbonyl (C=O) groups is 1. The van der Waals surface area contributed by atoms with Crippen LogP contribution in [0.4, 0.5) is 5.69 Å². The van der Waals surface area contributed by atoms with E-state index in [0.717, 1.165) is 48.4 Å². The number of fused-ring (bicyclic) bond motifs is 2. The van der Waals surface area contributed by atoms with E-state index in [2.05, 4.69) is 15.4 Å². The maximum absolute atomic E-state index is 12.7. The van der Waals surface area contributed by atoms with Gasteiger partial charge in [0.1, 0.15) is 0 Å². The number of nitrogens with zero attached hydrogens (tertiary/aromatic N) is 2. The van der Waals surface area contributed by atoms with Crippen molar-refractivity contribution in [3.8, 4) is 11.5 Å². The smallest absolute Gasteiger partial charge is 0.266 e. The molecule has 1 aliphatic carbocycles. The van der Waals surface area contributed by atoms with E-state index in [4.69, 9.17) is 9.47 Å². The van der Waals surface area contributed by atoms with Crippen LogP contribution in [-0.4, -0.2) is 26.3 Å². The second-order valence-electron chi connectivity index (χ2n) is 8.14. The first kappa shape index (κ1) is 18.7. The summed E-state index contributed by atoms with van der Waals surface area (Å²) in [5, 5.41) is 5.65. The van der Waals surface area contributed by atoms with Crippen LogP contribution in [-0.2, 0) is 11.2 Å². The van der Waals surface area contributed by atoms with Crippen LogP contribution >= 0.6 is 0 Å². The van der Waals surface area contributed by atoms with Crippen molar-refractivity contribution in [2.24, 2.45) is 0 Å². The van der Waals surface area contributed by atoms with Crippen LogP contribution in [0.1, 0.15) is 49.1 Å². The molecular formula is C22H24N4O4. The number of aromatic amines is 1. The van der Waals surface area contributed by atoms with Crippen molar-refractivity contribution in [2.75, 3.05) is 5.32 Å². The minimum atomic E-state index is -0.536. The molecule has 156 valence electrons. The average molecular weight is 408 g/mol. The number of amides is 1. The largest absolute Gasteiger partial charge is 0.448 e. The summed E-state index contributed by atoms with van der Waals surface area (Å²) >= 11 is 0. The summed E-state index contributed by atoms with van der Waals surface area (Å²) < 4.78 is 13.8. The highest BCUT2D eigenvalue weighted by Gasteiger charge is 2.42. The molecule has 1 amide bonds. The zero-order valence-electron chi connectivity index (χ0n) is 17.1. The maximum Gasteiger partial charge on any atom is 0.266 e. The summed E-state index contributed by atoms with van der Waals surface area (Å²) in [7, 11) is 0. The Morgan fingerprint density at radius 3 is 2.73 bits per heavy atom. The number of aryl methyl sites for hydroxylation is 2. The summed E-state index contributed by atoms with van der Waals surface area (Å²) in [6.07, 6.45) is 5.34. The highest BCUT2D eigenvalue weighted by molar-refractivity contribution is 5.93. The maximum atomic E-state index is 12.7. The number of aromatic nitrogens is 3. The fourth-order valence-electron chi connectivity index (χ4n) is 4.44. The van der Waals surface area contributed by atoms with Gasteiger partial charge in [-0.25, -0.2) is 9.50 Å². The van der Waals surface area contributed by atoms with Gasteiger partial charge in [-0.15, -0.1) is 0 Å². The third kappa shape index (κ3) is 3.22. The molecule has 2 aromatic heterocycles. The fourth-order valence-corrected chi connectivity index (χ4v) is 4.44. The summed E-state index contributed by atoms with van der Waals surface area (Å²) in [5.41, 5.74) is 3.29. The van der Waals surface area contributed by atoms with Gasteiger partial charge in [0.25, 0.3) is 11.3 Å². The predicted molar refractivity (Wildman–Crippen MR) is 111 cm³/mol. The minimum absolute atomic E-state index is 0.152. The molecule has 0 bridgehead atoms. The Hall–Kier alpha value is -3.29. The van der Waals surface area contributed by atoms with E-state index in [1.807, 2.05) is 32.0 Å². The number of hydrogen-bond donors (Lipinski definition) is 2. The molecule has 2 N–H and O–H groups in total. The lowest BCUT2D eigenvalue weighted by molar-refractivity contribution is -0.115. The number of benzene rings is 1. The number of H-pyrrole nitrogens is 1. The van der Waals surface area contributed by atoms with Crippen molar-refractivity contribution in [2.45, 2.75) is 58.2 Å². The van der Waals surface area contributed by atoms with E-state index < -0.39 is 5.79 Å². The van der Waals surface area contributed by atoms with E-state index in [-0.39, 0.29) is 17.9 Å². The van der Waals surface area contributed by atoms with Crippen molar-refractivity contribution in [3.05, 3.63) is 51.6 Å². The number of rotatable bonds is 3. The molecule has 5 rings (SSSR count). The predicted octanol–water partition coefficient (Wildman–Crippen LogP) is 3.25. The first-order valence-electron chi connectivity index (χ1n) is 10.3. The number of carbonyl (C=O) groups excluding carboxylic acids is 1. The summed E-state index contributed by atoms with van der Waals surface area (Å²) in [5.74, 6) is 0.706. The normalized spacial score (nSPS) is 16.9. The van der Waals surface area contributed by atoms with Crippen molar-refractivity contribution < 1.29 is 14.3 Å². The zero-order valence-corrected chi connectivity index (χ0v) is 17.1. The van der Waals surface area contributed by atoms with Gasteiger partial charge in [-0.2, -0.15) is 0 Å². The topological polar surface area (TPSA) is 97.7 Å². The Balaban J connectivity index is 1.33. The lowest BCUT2D eigenvalue weighted by atomic mass is 9.94. The van der Waals surface area contributed by atoms with E-state index >= 15 is 0 Å². The second kappa shape index (κ2) is 6.90. The molecule has 0 saturated heterocycles. The number of ether oxygens (including phenoxy) is 2. The Morgan fingerprint density at radius 2 is 1.93 bits per heavy atom. The van der Waals surface area contributed by atoms with E-state index in [1.54, 1.807) is 4.52 Å². The number of hydrogen-bond acceptors (Lipinski definition) is 5. The van der Waals surface area contributed by atoms with E-state index in [9.17, 15) is 9.59 Å². The van der Waals surface area contributed by atoms with Crippen LogP contribution in [0.3, 0.4) is 0 Å². The number of anilines is 1. The lowest BCUT2D eigenvalue weighted by Gasteiger charge is -2.31. The molecule has 1 aromatic carbocycles. The van der Waals surface area contributed by atoms with Gasteiger partial charge in [0.05, 0.1) is 6.42 Å². The van der Waals surface area contributed by atoms with Gasteiger partial charge < -0.3 is 14.8 Å². The fraction of sp³-hybridized carbons (Fsp3) is 0.409. The molecule has 1 aliphatic heterocycles. The average Bonchev–Trinajstić information content (AvgIpc) is 3.24. The molecule has 1 fully saturated rings. The third-order valence-electron chi connectivity index (χ3n) is 5.97. The Labute approximate surface area is 173 Å². The molecule has 8 nitrogen and oxygen atoms in total. The zero-order chi connectivity index (χ0) is 20.9. The van der Waals surface area contributed by atoms with Crippen molar-refractivity contribution in [1.29, 1.82) is 0 Å². The SMILES string of the molecule is Cc1nc2cc(=O)[nH]n2c(C)c1CC(=O)Nc1ccc2c(c1)OC1(CCCCC1)O2. The van der Waals surface area contributed by atoms with Gasteiger partial charge in [-0.1, -0.05) is 6.42 Å². The quantitative estimate of drug-likeness (QED) is 0.693. The molecule has 3 aromatic rings. The van der Waals surface area contributed by atoms with Crippen molar-refractivity contribution in [3.63, 3.8) is 0 Å². The highest BCUT2D eigenvalue weighted by atomic mass is 16.7. The van der Waals surface area contributed by atoms with Gasteiger partial charge in [0.15, 0.2) is 17.1 Å². The van der Waals surface area contributed by atoms with Crippen molar-refractivity contribution in [1.82, 2.24) is 14.6 Å². The van der Waals surface area contributed by atoms with Crippen LogP contribution in [0.5, 0.6) is 11.5 Å². The molecule has 3 heterocycles.